The third kappa shape index (κ3) is 2.78. The summed E-state index contributed by atoms with van der Waals surface area (Å²) in [6.07, 6.45) is 0.304. The van der Waals surface area contributed by atoms with E-state index in [1.165, 1.54) is 13.2 Å². The molecule has 1 aliphatic heterocycles. The van der Waals surface area contributed by atoms with E-state index in [1.54, 1.807) is 12.1 Å². The molecular formula is C13H18N2O4. The van der Waals surface area contributed by atoms with Crippen molar-refractivity contribution in [2.75, 3.05) is 25.1 Å². The smallest absolute Gasteiger partial charge is 0.296 e. The summed E-state index contributed by atoms with van der Waals surface area (Å²) in [4.78, 5) is 12.7. The Labute approximate surface area is 111 Å². The van der Waals surface area contributed by atoms with Crippen molar-refractivity contribution in [2.24, 2.45) is 5.92 Å². The van der Waals surface area contributed by atoms with Crippen LogP contribution in [0.2, 0.25) is 0 Å². The average Bonchev–Trinajstić information content (AvgIpc) is 2.41. The van der Waals surface area contributed by atoms with Gasteiger partial charge < -0.3 is 14.7 Å². The van der Waals surface area contributed by atoms with E-state index in [0.717, 1.165) is 0 Å². The molecule has 1 fully saturated rings. The van der Waals surface area contributed by atoms with Crippen LogP contribution in [0, 0.1) is 16.0 Å². The van der Waals surface area contributed by atoms with Crippen LogP contribution in [0.25, 0.3) is 0 Å². The van der Waals surface area contributed by atoms with Crippen molar-refractivity contribution < 1.29 is 14.8 Å². The molecule has 104 valence electrons. The summed E-state index contributed by atoms with van der Waals surface area (Å²) in [6.45, 7) is 3.19. The van der Waals surface area contributed by atoms with Crippen molar-refractivity contribution in [3.63, 3.8) is 0 Å². The zero-order valence-corrected chi connectivity index (χ0v) is 11.1. The molecule has 0 bridgehead atoms. The highest BCUT2D eigenvalue weighted by molar-refractivity contribution is 5.65. The Kier molecular flexibility index (Phi) is 3.90. The van der Waals surface area contributed by atoms with Crippen LogP contribution in [0.3, 0.4) is 0 Å². The van der Waals surface area contributed by atoms with Gasteiger partial charge in [-0.25, -0.2) is 0 Å². The molecule has 0 aliphatic carbocycles. The van der Waals surface area contributed by atoms with E-state index in [2.05, 4.69) is 0 Å². The zero-order chi connectivity index (χ0) is 14.0. The molecule has 19 heavy (non-hydrogen) atoms. The van der Waals surface area contributed by atoms with Crippen molar-refractivity contribution in [3.8, 4) is 5.75 Å². The maximum atomic E-state index is 11.2. The summed E-state index contributed by atoms with van der Waals surface area (Å²) in [7, 11) is 1.48. The van der Waals surface area contributed by atoms with Crippen LogP contribution >= 0.6 is 0 Å². The molecule has 1 saturated heterocycles. The van der Waals surface area contributed by atoms with Crippen LogP contribution in [0.5, 0.6) is 5.75 Å². The van der Waals surface area contributed by atoms with Crippen molar-refractivity contribution >= 4 is 11.4 Å². The lowest BCUT2D eigenvalue weighted by Crippen LogP contribution is -2.42. The highest BCUT2D eigenvalue weighted by Gasteiger charge is 2.28. The quantitative estimate of drug-likeness (QED) is 0.667. The van der Waals surface area contributed by atoms with Gasteiger partial charge in [0.25, 0.3) is 5.69 Å². The number of methoxy groups -OCH3 is 1. The van der Waals surface area contributed by atoms with Crippen LogP contribution in [-0.4, -0.2) is 36.3 Å². The molecule has 1 aliphatic rings. The van der Waals surface area contributed by atoms with Gasteiger partial charge in [-0.2, -0.15) is 0 Å². The first-order valence-electron chi connectivity index (χ1n) is 6.28. The number of ether oxygens (including phenoxy) is 1. The molecule has 0 aromatic heterocycles. The number of nitro benzene ring substituents is 1. The number of aliphatic hydroxyl groups is 1. The number of nitro groups is 1. The third-order valence-corrected chi connectivity index (χ3v) is 3.58. The van der Waals surface area contributed by atoms with Gasteiger partial charge in [-0.3, -0.25) is 10.1 Å². The number of nitrogens with zero attached hydrogens (tertiary/aromatic N) is 2. The molecule has 2 unspecified atom stereocenters. The third-order valence-electron chi connectivity index (χ3n) is 3.58. The summed E-state index contributed by atoms with van der Waals surface area (Å²) in [6, 6.07) is 4.87. The summed E-state index contributed by atoms with van der Waals surface area (Å²) in [5.41, 5.74) is 0.632. The molecule has 2 atom stereocenters. The fourth-order valence-corrected chi connectivity index (χ4v) is 2.40. The lowest BCUT2D eigenvalue weighted by Gasteiger charge is -2.35. The van der Waals surface area contributed by atoms with E-state index >= 15 is 0 Å². The first kappa shape index (κ1) is 13.6. The molecule has 1 heterocycles. The molecule has 1 N–H and O–H groups in total. The second kappa shape index (κ2) is 5.44. The number of rotatable bonds is 3. The van der Waals surface area contributed by atoms with E-state index in [4.69, 9.17) is 4.74 Å². The highest BCUT2D eigenvalue weighted by atomic mass is 16.6. The number of piperidine rings is 1. The van der Waals surface area contributed by atoms with Crippen molar-refractivity contribution in [2.45, 2.75) is 19.4 Å². The van der Waals surface area contributed by atoms with E-state index in [-0.39, 0.29) is 17.7 Å². The normalized spacial score (nSPS) is 23.2. The van der Waals surface area contributed by atoms with E-state index in [9.17, 15) is 15.2 Å². The molecular weight excluding hydrogens is 248 g/mol. The Morgan fingerprint density at radius 3 is 2.84 bits per heavy atom. The van der Waals surface area contributed by atoms with Gasteiger partial charge in [0.15, 0.2) is 0 Å². The summed E-state index contributed by atoms with van der Waals surface area (Å²) < 4.78 is 5.02. The predicted octanol–water partition coefficient (Wildman–Crippen LogP) is 1.81. The van der Waals surface area contributed by atoms with Gasteiger partial charge in [0, 0.05) is 13.1 Å². The Bertz CT molecular complexity index is 478. The molecule has 0 amide bonds. The summed E-state index contributed by atoms with van der Waals surface area (Å²) in [5.74, 6) is 0.580. The Balaban J connectivity index is 2.31. The van der Waals surface area contributed by atoms with Crippen molar-refractivity contribution in [1.82, 2.24) is 0 Å². The minimum atomic E-state index is -0.395. The SMILES string of the molecule is COc1ccc(N2CCC(O)C(C)C2)c([N+](=O)[O-])c1. The first-order valence-corrected chi connectivity index (χ1v) is 6.28. The predicted molar refractivity (Wildman–Crippen MR) is 71.6 cm³/mol. The zero-order valence-electron chi connectivity index (χ0n) is 11.1. The second-order valence-electron chi connectivity index (χ2n) is 4.89. The van der Waals surface area contributed by atoms with Gasteiger partial charge in [0.2, 0.25) is 0 Å². The molecule has 2 rings (SSSR count). The molecule has 1 aromatic carbocycles. The van der Waals surface area contributed by atoms with Crippen LogP contribution < -0.4 is 9.64 Å². The van der Waals surface area contributed by atoms with Gasteiger partial charge in [-0.05, 0) is 24.5 Å². The van der Waals surface area contributed by atoms with Crippen LogP contribution in [0.15, 0.2) is 18.2 Å². The maximum Gasteiger partial charge on any atom is 0.296 e. The fourth-order valence-electron chi connectivity index (χ4n) is 2.40. The van der Waals surface area contributed by atoms with Gasteiger partial charge in [0.1, 0.15) is 11.4 Å². The molecule has 1 aromatic rings. The van der Waals surface area contributed by atoms with Gasteiger partial charge in [-0.1, -0.05) is 6.92 Å². The standard InChI is InChI=1S/C13H18N2O4/c1-9-8-14(6-5-13(9)16)11-4-3-10(19-2)7-12(11)15(17)18/h3-4,7,9,13,16H,5-6,8H2,1-2H3. The number of aliphatic hydroxyl groups excluding tert-OH is 1. The Hall–Kier alpha value is -1.82. The number of anilines is 1. The maximum absolute atomic E-state index is 11.2. The second-order valence-corrected chi connectivity index (χ2v) is 4.89. The minimum absolute atomic E-state index is 0.0444. The average molecular weight is 266 g/mol. The van der Waals surface area contributed by atoms with E-state index < -0.39 is 4.92 Å². The summed E-state index contributed by atoms with van der Waals surface area (Å²) >= 11 is 0. The molecule has 0 saturated carbocycles. The molecule has 6 heteroatoms. The highest BCUT2D eigenvalue weighted by Crippen LogP contribution is 2.34. The minimum Gasteiger partial charge on any atom is -0.496 e. The first-order chi connectivity index (χ1) is 9.02. The van der Waals surface area contributed by atoms with Crippen LogP contribution in [-0.2, 0) is 0 Å². The van der Waals surface area contributed by atoms with E-state index in [1.807, 2.05) is 11.8 Å². The van der Waals surface area contributed by atoms with Crippen molar-refractivity contribution in [3.05, 3.63) is 28.3 Å². The van der Waals surface area contributed by atoms with Gasteiger partial charge in [-0.15, -0.1) is 0 Å². The molecule has 6 nitrogen and oxygen atoms in total. The summed E-state index contributed by atoms with van der Waals surface area (Å²) in [5, 5.41) is 20.9. The lowest BCUT2D eigenvalue weighted by molar-refractivity contribution is -0.384. The van der Waals surface area contributed by atoms with Gasteiger partial charge >= 0.3 is 0 Å². The largest absolute Gasteiger partial charge is 0.496 e. The molecule has 0 radical (unpaired) electrons. The Morgan fingerprint density at radius 1 is 1.53 bits per heavy atom. The topological polar surface area (TPSA) is 75.8 Å². The van der Waals surface area contributed by atoms with Gasteiger partial charge in [0.05, 0.1) is 24.2 Å². The lowest BCUT2D eigenvalue weighted by atomic mass is 9.96. The van der Waals surface area contributed by atoms with Crippen LogP contribution in [0.4, 0.5) is 11.4 Å². The Morgan fingerprint density at radius 2 is 2.26 bits per heavy atom. The monoisotopic (exact) mass is 266 g/mol. The number of benzene rings is 1. The molecule has 0 spiro atoms. The number of hydrogen-bond donors (Lipinski definition) is 1. The van der Waals surface area contributed by atoms with Crippen LogP contribution in [0.1, 0.15) is 13.3 Å². The van der Waals surface area contributed by atoms with E-state index in [0.29, 0.717) is 30.9 Å². The number of hydrogen-bond acceptors (Lipinski definition) is 5. The van der Waals surface area contributed by atoms with Crippen molar-refractivity contribution in [1.29, 1.82) is 0 Å². The fraction of sp³-hybridized carbons (Fsp3) is 0.538.